The molecule has 0 atom stereocenters. The fourth-order valence-corrected chi connectivity index (χ4v) is 3.79. The van der Waals surface area contributed by atoms with Crippen LogP contribution in [0.15, 0.2) is 58.4 Å². The van der Waals surface area contributed by atoms with Crippen molar-refractivity contribution < 1.29 is 14.5 Å². The van der Waals surface area contributed by atoms with Crippen molar-refractivity contribution in [1.82, 2.24) is 4.90 Å². The number of amidine groups is 1. The van der Waals surface area contributed by atoms with Gasteiger partial charge in [0.15, 0.2) is 5.17 Å². The number of benzene rings is 2. The average molecular weight is 432 g/mol. The molecule has 1 aliphatic heterocycles. The Bertz CT molecular complexity index is 979. The zero-order valence-corrected chi connectivity index (χ0v) is 17.2. The Hall–Kier alpha value is -2.68. The summed E-state index contributed by atoms with van der Waals surface area (Å²) in [6.45, 7) is 3.16. The first-order chi connectivity index (χ1) is 14.0. The Balaban J connectivity index is 1.95. The topological polar surface area (TPSA) is 85.0 Å². The van der Waals surface area contributed by atoms with E-state index in [0.717, 1.165) is 5.69 Å². The molecule has 150 valence electrons. The summed E-state index contributed by atoms with van der Waals surface area (Å²) in [7, 11) is 0. The number of aliphatic imine (C=N–C) groups is 1. The van der Waals surface area contributed by atoms with Gasteiger partial charge in [0.05, 0.1) is 28.7 Å². The molecule has 0 aliphatic carbocycles. The van der Waals surface area contributed by atoms with E-state index < -0.39 is 4.92 Å². The molecule has 0 radical (unpaired) electrons. The predicted octanol–water partition coefficient (Wildman–Crippen LogP) is 4.89. The number of nitrogens with zero attached hydrogens (tertiary/aromatic N) is 3. The third kappa shape index (κ3) is 5.23. The molecular weight excluding hydrogens is 414 g/mol. The summed E-state index contributed by atoms with van der Waals surface area (Å²) in [6.07, 6.45) is 1.56. The first kappa shape index (κ1) is 21.0. The van der Waals surface area contributed by atoms with Crippen molar-refractivity contribution in [2.45, 2.75) is 6.92 Å². The van der Waals surface area contributed by atoms with Gasteiger partial charge in [0, 0.05) is 29.3 Å². The zero-order valence-electron chi connectivity index (χ0n) is 15.6. The van der Waals surface area contributed by atoms with Gasteiger partial charge < -0.3 is 4.74 Å². The van der Waals surface area contributed by atoms with Gasteiger partial charge in [0.25, 0.3) is 11.6 Å². The molecule has 0 saturated carbocycles. The highest BCUT2D eigenvalue weighted by molar-refractivity contribution is 8.18. The van der Waals surface area contributed by atoms with Crippen molar-refractivity contribution in [2.24, 2.45) is 4.99 Å². The molecule has 3 rings (SSSR count). The monoisotopic (exact) mass is 431 g/mol. The van der Waals surface area contributed by atoms with Crippen molar-refractivity contribution in [3.05, 3.63) is 74.1 Å². The minimum atomic E-state index is -0.501. The normalized spacial score (nSPS) is 16.8. The highest BCUT2D eigenvalue weighted by Gasteiger charge is 2.33. The number of ether oxygens (including phenoxy) is 1. The summed E-state index contributed by atoms with van der Waals surface area (Å²) in [5.41, 5.74) is 1.03. The van der Waals surface area contributed by atoms with Gasteiger partial charge in [-0.1, -0.05) is 29.8 Å². The molecule has 1 amide bonds. The highest BCUT2D eigenvalue weighted by Crippen LogP contribution is 2.35. The SMILES string of the molecule is CCOCCN1C(=O)/C(=C/c2cc([N+](=O)[O-])ccc2Cl)SC1=Nc1ccccc1. The third-order valence-electron chi connectivity index (χ3n) is 4.01. The van der Waals surface area contributed by atoms with Gasteiger partial charge in [0.1, 0.15) is 0 Å². The number of carbonyl (C=O) groups is 1. The van der Waals surface area contributed by atoms with Crippen molar-refractivity contribution in [3.63, 3.8) is 0 Å². The Morgan fingerprint density at radius 1 is 1.28 bits per heavy atom. The number of hydrogen-bond acceptors (Lipinski definition) is 6. The van der Waals surface area contributed by atoms with Crippen LogP contribution in [0, 0.1) is 10.1 Å². The summed E-state index contributed by atoms with van der Waals surface area (Å²) >= 11 is 7.38. The Labute approximate surface area is 177 Å². The fourth-order valence-electron chi connectivity index (χ4n) is 2.60. The van der Waals surface area contributed by atoms with E-state index in [1.54, 1.807) is 11.0 Å². The van der Waals surface area contributed by atoms with Crippen molar-refractivity contribution in [1.29, 1.82) is 0 Å². The summed E-state index contributed by atoms with van der Waals surface area (Å²) in [4.78, 5) is 30.0. The first-order valence-corrected chi connectivity index (χ1v) is 10.1. The summed E-state index contributed by atoms with van der Waals surface area (Å²) in [6, 6.07) is 13.4. The molecule has 7 nitrogen and oxygen atoms in total. The number of non-ortho nitro benzene ring substituents is 1. The molecule has 0 aromatic heterocycles. The summed E-state index contributed by atoms with van der Waals surface area (Å²) in [5.74, 6) is -0.244. The van der Waals surface area contributed by atoms with Crippen LogP contribution in [0.3, 0.4) is 0 Å². The largest absolute Gasteiger partial charge is 0.380 e. The van der Waals surface area contributed by atoms with Crippen LogP contribution >= 0.6 is 23.4 Å². The molecule has 2 aromatic carbocycles. The van der Waals surface area contributed by atoms with Crippen molar-refractivity contribution >= 4 is 51.9 Å². The van der Waals surface area contributed by atoms with E-state index in [9.17, 15) is 14.9 Å². The Kier molecular flexibility index (Phi) is 7.03. The van der Waals surface area contributed by atoms with Gasteiger partial charge in [-0.05, 0) is 43.0 Å². The smallest absolute Gasteiger partial charge is 0.270 e. The molecule has 0 spiro atoms. The molecular formula is C20H18ClN3O4S. The van der Waals surface area contributed by atoms with Gasteiger partial charge in [-0.15, -0.1) is 0 Å². The quantitative estimate of drug-likeness (QED) is 0.269. The summed E-state index contributed by atoms with van der Waals surface area (Å²) in [5, 5.41) is 11.9. The van der Waals surface area contributed by atoms with Gasteiger partial charge in [-0.25, -0.2) is 4.99 Å². The lowest BCUT2D eigenvalue weighted by atomic mass is 10.2. The highest BCUT2D eigenvalue weighted by atomic mass is 35.5. The second-order valence-electron chi connectivity index (χ2n) is 5.96. The number of nitro groups is 1. The number of hydrogen-bond donors (Lipinski definition) is 0. The van der Waals surface area contributed by atoms with E-state index in [4.69, 9.17) is 16.3 Å². The third-order valence-corrected chi connectivity index (χ3v) is 5.36. The number of rotatable bonds is 7. The average Bonchev–Trinajstić information content (AvgIpc) is 2.99. The molecule has 2 aromatic rings. The molecule has 1 saturated heterocycles. The molecule has 0 bridgehead atoms. The molecule has 0 unspecified atom stereocenters. The Morgan fingerprint density at radius 2 is 2.03 bits per heavy atom. The van der Waals surface area contributed by atoms with E-state index in [1.807, 2.05) is 37.3 Å². The first-order valence-electron chi connectivity index (χ1n) is 8.86. The molecule has 1 aliphatic rings. The number of carbonyl (C=O) groups excluding carboxylic acids is 1. The number of halogens is 1. The predicted molar refractivity (Wildman–Crippen MR) is 115 cm³/mol. The molecule has 0 N–H and O–H groups in total. The molecule has 9 heteroatoms. The molecule has 29 heavy (non-hydrogen) atoms. The van der Waals surface area contributed by atoms with Crippen LogP contribution in [0.4, 0.5) is 11.4 Å². The zero-order chi connectivity index (χ0) is 20.8. The van der Waals surface area contributed by atoms with Gasteiger partial charge in [0.2, 0.25) is 0 Å². The molecule has 1 fully saturated rings. The van der Waals surface area contributed by atoms with Crippen LogP contribution in [-0.4, -0.2) is 40.7 Å². The van der Waals surface area contributed by atoms with Crippen LogP contribution in [0.2, 0.25) is 5.02 Å². The van der Waals surface area contributed by atoms with Crippen molar-refractivity contribution in [3.8, 4) is 0 Å². The van der Waals surface area contributed by atoms with Gasteiger partial charge >= 0.3 is 0 Å². The second kappa shape index (κ2) is 9.69. The van der Waals surface area contributed by atoms with E-state index in [-0.39, 0.29) is 11.6 Å². The fraction of sp³-hybridized carbons (Fsp3) is 0.200. The van der Waals surface area contributed by atoms with E-state index >= 15 is 0 Å². The minimum Gasteiger partial charge on any atom is -0.380 e. The van der Waals surface area contributed by atoms with E-state index in [0.29, 0.717) is 40.4 Å². The van der Waals surface area contributed by atoms with Crippen molar-refractivity contribution in [2.75, 3.05) is 19.8 Å². The van der Waals surface area contributed by atoms with Gasteiger partial charge in [-0.3, -0.25) is 19.8 Å². The number of para-hydroxylation sites is 1. The van der Waals surface area contributed by atoms with E-state index in [2.05, 4.69) is 4.99 Å². The van der Waals surface area contributed by atoms with Crippen LogP contribution in [0.5, 0.6) is 0 Å². The van der Waals surface area contributed by atoms with Crippen LogP contribution in [0.25, 0.3) is 6.08 Å². The lowest BCUT2D eigenvalue weighted by molar-refractivity contribution is -0.384. The summed E-state index contributed by atoms with van der Waals surface area (Å²) < 4.78 is 5.38. The lowest BCUT2D eigenvalue weighted by Crippen LogP contribution is -2.32. The number of thioether (sulfide) groups is 1. The van der Waals surface area contributed by atoms with Crippen LogP contribution in [-0.2, 0) is 9.53 Å². The second-order valence-corrected chi connectivity index (χ2v) is 7.37. The van der Waals surface area contributed by atoms with Crippen LogP contribution < -0.4 is 0 Å². The van der Waals surface area contributed by atoms with Crippen LogP contribution in [0.1, 0.15) is 12.5 Å². The molecule has 1 heterocycles. The van der Waals surface area contributed by atoms with Gasteiger partial charge in [-0.2, -0.15) is 0 Å². The van der Waals surface area contributed by atoms with E-state index in [1.165, 1.54) is 30.0 Å². The number of nitro benzene ring substituents is 1. The minimum absolute atomic E-state index is 0.0944. The standard InChI is InChI=1S/C20H18ClN3O4S/c1-2-28-11-10-23-19(25)18(29-20(23)22-15-6-4-3-5-7-15)13-14-12-16(24(26)27)8-9-17(14)21/h3-9,12-13H,2,10-11H2,1H3/b18-13-,22-20?. The lowest BCUT2D eigenvalue weighted by Gasteiger charge is -2.15. The maximum atomic E-state index is 13.0. The number of amides is 1. The maximum Gasteiger partial charge on any atom is 0.270 e. The maximum absolute atomic E-state index is 13.0. The Morgan fingerprint density at radius 3 is 2.72 bits per heavy atom.